The first-order chi connectivity index (χ1) is 10.8. The van der Waals surface area contributed by atoms with Crippen molar-refractivity contribution in [2.45, 2.75) is 26.9 Å². The minimum absolute atomic E-state index is 0.611. The highest BCUT2D eigenvalue weighted by molar-refractivity contribution is 5.77. The third kappa shape index (κ3) is 8.00. The highest BCUT2D eigenvalue weighted by Gasteiger charge is 2.00. The standard InChI is InChI=1S/C17H29N3O2/c1-3-20(4-2)17(18)19-11-8-12-21-13-14-22-15-16-9-6-5-7-10-16/h5-7,9-10H,3-4,8,11-15H2,1-2H3,(H2,18,19). The van der Waals surface area contributed by atoms with Gasteiger partial charge in [0.25, 0.3) is 0 Å². The molecule has 0 unspecified atom stereocenters. The summed E-state index contributed by atoms with van der Waals surface area (Å²) < 4.78 is 11.1. The van der Waals surface area contributed by atoms with E-state index in [1.165, 1.54) is 5.56 Å². The van der Waals surface area contributed by atoms with Gasteiger partial charge in [-0.3, -0.25) is 4.99 Å². The molecule has 0 aliphatic heterocycles. The van der Waals surface area contributed by atoms with E-state index in [2.05, 4.69) is 31.0 Å². The van der Waals surface area contributed by atoms with Crippen LogP contribution in [0.3, 0.4) is 0 Å². The van der Waals surface area contributed by atoms with Crippen molar-refractivity contribution >= 4 is 5.96 Å². The molecule has 5 heteroatoms. The highest BCUT2D eigenvalue weighted by Crippen LogP contribution is 2.00. The Morgan fingerprint density at radius 2 is 1.73 bits per heavy atom. The Morgan fingerprint density at radius 3 is 2.41 bits per heavy atom. The Bertz CT molecular complexity index is 406. The van der Waals surface area contributed by atoms with Crippen molar-refractivity contribution in [2.24, 2.45) is 10.7 Å². The van der Waals surface area contributed by atoms with Gasteiger partial charge in [-0.05, 0) is 25.8 Å². The smallest absolute Gasteiger partial charge is 0.191 e. The summed E-state index contributed by atoms with van der Waals surface area (Å²) in [6.45, 7) is 9.17. The molecule has 5 nitrogen and oxygen atoms in total. The van der Waals surface area contributed by atoms with Crippen LogP contribution in [0.4, 0.5) is 0 Å². The molecule has 1 aromatic rings. The molecule has 0 bridgehead atoms. The first-order valence-electron chi connectivity index (χ1n) is 8.02. The number of rotatable bonds is 11. The van der Waals surface area contributed by atoms with E-state index in [-0.39, 0.29) is 0 Å². The summed E-state index contributed by atoms with van der Waals surface area (Å²) in [5.41, 5.74) is 7.07. The fourth-order valence-electron chi connectivity index (χ4n) is 1.99. The van der Waals surface area contributed by atoms with Crippen molar-refractivity contribution < 1.29 is 9.47 Å². The van der Waals surface area contributed by atoms with E-state index in [9.17, 15) is 0 Å². The number of ether oxygens (including phenoxy) is 2. The number of benzene rings is 1. The molecule has 0 saturated heterocycles. The van der Waals surface area contributed by atoms with Crippen LogP contribution >= 0.6 is 0 Å². The first-order valence-corrected chi connectivity index (χ1v) is 8.02. The summed E-state index contributed by atoms with van der Waals surface area (Å²) in [6, 6.07) is 10.1. The number of nitrogens with two attached hydrogens (primary N) is 1. The van der Waals surface area contributed by atoms with Gasteiger partial charge in [0.05, 0.1) is 19.8 Å². The lowest BCUT2D eigenvalue weighted by Crippen LogP contribution is -2.37. The van der Waals surface area contributed by atoms with Crippen LogP contribution in [0.25, 0.3) is 0 Å². The third-order valence-corrected chi connectivity index (χ3v) is 3.29. The van der Waals surface area contributed by atoms with Crippen molar-refractivity contribution in [2.75, 3.05) is 39.5 Å². The number of guanidine groups is 1. The lowest BCUT2D eigenvalue weighted by atomic mass is 10.2. The van der Waals surface area contributed by atoms with Crippen LogP contribution in [-0.4, -0.2) is 50.3 Å². The van der Waals surface area contributed by atoms with Gasteiger partial charge in [0.15, 0.2) is 5.96 Å². The molecular weight excluding hydrogens is 278 g/mol. The summed E-state index contributed by atoms with van der Waals surface area (Å²) in [4.78, 5) is 6.39. The van der Waals surface area contributed by atoms with Gasteiger partial charge in [-0.1, -0.05) is 30.3 Å². The minimum Gasteiger partial charge on any atom is -0.379 e. The molecule has 0 aromatic heterocycles. The molecule has 0 spiro atoms. The molecular formula is C17H29N3O2. The van der Waals surface area contributed by atoms with E-state index < -0.39 is 0 Å². The lowest BCUT2D eigenvalue weighted by molar-refractivity contribution is 0.0403. The molecule has 0 aliphatic carbocycles. The quantitative estimate of drug-likeness (QED) is 0.387. The molecule has 124 valence electrons. The molecule has 0 aliphatic rings. The van der Waals surface area contributed by atoms with Crippen LogP contribution in [0.1, 0.15) is 25.8 Å². The van der Waals surface area contributed by atoms with Crippen LogP contribution in [0.5, 0.6) is 0 Å². The number of hydrogen-bond donors (Lipinski definition) is 1. The van der Waals surface area contributed by atoms with Gasteiger partial charge in [0.1, 0.15) is 0 Å². The molecule has 0 amide bonds. The highest BCUT2D eigenvalue weighted by atomic mass is 16.5. The molecule has 1 rings (SSSR count). The second-order valence-electron chi connectivity index (χ2n) is 4.92. The van der Waals surface area contributed by atoms with E-state index in [0.717, 1.165) is 19.5 Å². The van der Waals surface area contributed by atoms with Crippen LogP contribution in [0.2, 0.25) is 0 Å². The number of hydrogen-bond acceptors (Lipinski definition) is 3. The van der Waals surface area contributed by atoms with Crippen molar-refractivity contribution in [3.05, 3.63) is 35.9 Å². The number of aliphatic imine (C=N–C) groups is 1. The van der Waals surface area contributed by atoms with E-state index in [0.29, 0.717) is 38.9 Å². The summed E-state index contributed by atoms with van der Waals surface area (Å²) in [5, 5.41) is 0. The fourth-order valence-corrected chi connectivity index (χ4v) is 1.99. The van der Waals surface area contributed by atoms with Crippen LogP contribution < -0.4 is 5.73 Å². The summed E-state index contributed by atoms with van der Waals surface area (Å²) >= 11 is 0. The zero-order valence-electron chi connectivity index (χ0n) is 13.8. The zero-order valence-corrected chi connectivity index (χ0v) is 13.8. The summed E-state index contributed by atoms with van der Waals surface area (Å²) in [6.07, 6.45) is 0.876. The van der Waals surface area contributed by atoms with E-state index in [4.69, 9.17) is 15.2 Å². The van der Waals surface area contributed by atoms with Crippen molar-refractivity contribution in [1.29, 1.82) is 0 Å². The molecule has 22 heavy (non-hydrogen) atoms. The second kappa shape index (κ2) is 12.0. The van der Waals surface area contributed by atoms with Gasteiger partial charge in [-0.2, -0.15) is 0 Å². The largest absolute Gasteiger partial charge is 0.379 e. The lowest BCUT2D eigenvalue weighted by Gasteiger charge is -2.19. The minimum atomic E-state index is 0.611. The monoisotopic (exact) mass is 307 g/mol. The van der Waals surface area contributed by atoms with E-state index in [1.807, 2.05) is 23.1 Å². The van der Waals surface area contributed by atoms with Gasteiger partial charge in [-0.25, -0.2) is 0 Å². The normalized spacial score (nSPS) is 11.6. The number of nitrogens with zero attached hydrogens (tertiary/aromatic N) is 2. The van der Waals surface area contributed by atoms with Crippen molar-refractivity contribution in [3.8, 4) is 0 Å². The van der Waals surface area contributed by atoms with Crippen LogP contribution in [0.15, 0.2) is 35.3 Å². The van der Waals surface area contributed by atoms with E-state index >= 15 is 0 Å². The first kappa shape index (κ1) is 18.5. The molecule has 0 heterocycles. The maximum absolute atomic E-state index is 5.89. The molecule has 0 saturated carbocycles. The van der Waals surface area contributed by atoms with Gasteiger partial charge in [0, 0.05) is 26.2 Å². The van der Waals surface area contributed by atoms with Crippen molar-refractivity contribution in [3.63, 3.8) is 0 Å². The van der Waals surface area contributed by atoms with Gasteiger partial charge >= 0.3 is 0 Å². The average Bonchev–Trinajstić information content (AvgIpc) is 2.55. The van der Waals surface area contributed by atoms with Gasteiger partial charge in [-0.15, -0.1) is 0 Å². The van der Waals surface area contributed by atoms with Crippen molar-refractivity contribution in [1.82, 2.24) is 4.90 Å². The van der Waals surface area contributed by atoms with Gasteiger partial charge < -0.3 is 20.1 Å². The second-order valence-corrected chi connectivity index (χ2v) is 4.92. The summed E-state index contributed by atoms with van der Waals surface area (Å²) in [7, 11) is 0. The topological polar surface area (TPSA) is 60.1 Å². The maximum atomic E-state index is 5.89. The Morgan fingerprint density at radius 1 is 1.05 bits per heavy atom. The van der Waals surface area contributed by atoms with Gasteiger partial charge in [0.2, 0.25) is 0 Å². The molecule has 2 N–H and O–H groups in total. The summed E-state index contributed by atoms with van der Waals surface area (Å²) in [5.74, 6) is 0.621. The molecule has 0 radical (unpaired) electrons. The maximum Gasteiger partial charge on any atom is 0.191 e. The Balaban J connectivity index is 1.96. The zero-order chi connectivity index (χ0) is 16.0. The van der Waals surface area contributed by atoms with Crippen LogP contribution in [0, 0.1) is 0 Å². The molecule has 0 fully saturated rings. The van der Waals surface area contributed by atoms with Crippen LogP contribution in [-0.2, 0) is 16.1 Å². The molecule has 1 aromatic carbocycles. The Labute approximate surface area is 134 Å². The third-order valence-electron chi connectivity index (χ3n) is 3.29. The SMILES string of the molecule is CCN(CC)C(N)=NCCCOCCOCc1ccccc1. The van der Waals surface area contributed by atoms with E-state index in [1.54, 1.807) is 0 Å². The Hall–Kier alpha value is -1.59. The molecule has 0 atom stereocenters. The predicted octanol–water partition coefficient (Wildman–Crippen LogP) is 2.27. The fraction of sp³-hybridized carbons (Fsp3) is 0.588. The Kier molecular flexibility index (Phi) is 10.1. The average molecular weight is 307 g/mol. The predicted molar refractivity (Wildman–Crippen MR) is 90.9 cm³/mol.